The number of hydrogen-bond acceptors (Lipinski definition) is 2. The number of para-hydroxylation sites is 1. The first kappa shape index (κ1) is 15.2. The molecular formula is C15H22N2O2. The molecule has 0 aliphatic carbocycles. The van der Waals surface area contributed by atoms with Gasteiger partial charge in [0.25, 0.3) is 0 Å². The number of rotatable bonds is 5. The molecule has 4 heteroatoms. The summed E-state index contributed by atoms with van der Waals surface area (Å²) in [4.78, 5) is 26.9. The molecule has 0 atom stereocenters. The number of likely N-dealkylation sites (N-methyl/N-ethyl adjacent to an activating group) is 1. The molecule has 19 heavy (non-hydrogen) atoms. The fourth-order valence-electron chi connectivity index (χ4n) is 1.81. The van der Waals surface area contributed by atoms with Crippen LogP contribution in [0.5, 0.6) is 0 Å². The summed E-state index contributed by atoms with van der Waals surface area (Å²) < 4.78 is 0. The molecule has 4 nitrogen and oxygen atoms in total. The van der Waals surface area contributed by atoms with Crippen molar-refractivity contribution in [2.75, 3.05) is 25.0 Å². The monoisotopic (exact) mass is 262 g/mol. The van der Waals surface area contributed by atoms with Crippen LogP contribution < -0.4 is 4.90 Å². The van der Waals surface area contributed by atoms with Gasteiger partial charge < -0.3 is 9.80 Å². The fraction of sp³-hybridized carbons (Fsp3) is 0.467. The molecule has 0 aromatic heterocycles. The highest BCUT2D eigenvalue weighted by Crippen LogP contribution is 2.11. The molecule has 0 heterocycles. The van der Waals surface area contributed by atoms with Gasteiger partial charge in [-0.05, 0) is 18.1 Å². The predicted octanol–water partition coefficient (Wildman–Crippen LogP) is 2.15. The van der Waals surface area contributed by atoms with E-state index >= 15 is 0 Å². The van der Waals surface area contributed by atoms with E-state index < -0.39 is 0 Å². The van der Waals surface area contributed by atoms with E-state index in [0.29, 0.717) is 12.5 Å². The Hall–Kier alpha value is -1.84. The first-order valence-corrected chi connectivity index (χ1v) is 6.49. The molecule has 104 valence electrons. The Morgan fingerprint density at radius 2 is 1.74 bits per heavy atom. The van der Waals surface area contributed by atoms with E-state index in [2.05, 4.69) is 0 Å². The molecule has 0 spiro atoms. The fourth-order valence-corrected chi connectivity index (χ4v) is 1.81. The van der Waals surface area contributed by atoms with E-state index in [-0.39, 0.29) is 18.4 Å². The molecule has 0 saturated carbocycles. The van der Waals surface area contributed by atoms with E-state index in [4.69, 9.17) is 0 Å². The Kier molecular flexibility index (Phi) is 5.55. The molecule has 1 rings (SSSR count). The zero-order valence-electron chi connectivity index (χ0n) is 12.1. The third kappa shape index (κ3) is 4.73. The Bertz CT molecular complexity index is 429. The second kappa shape index (κ2) is 6.92. The van der Waals surface area contributed by atoms with Gasteiger partial charge in [-0.25, -0.2) is 0 Å². The topological polar surface area (TPSA) is 40.6 Å². The summed E-state index contributed by atoms with van der Waals surface area (Å²) in [6.45, 7) is 6.28. The number of amides is 2. The molecule has 0 aliphatic heterocycles. The van der Waals surface area contributed by atoms with Crippen molar-refractivity contribution in [1.82, 2.24) is 4.90 Å². The maximum atomic E-state index is 12.2. The lowest BCUT2D eigenvalue weighted by Gasteiger charge is -2.25. The molecule has 1 aromatic rings. The Labute approximate surface area is 115 Å². The van der Waals surface area contributed by atoms with Crippen LogP contribution in [0.2, 0.25) is 0 Å². The third-order valence-corrected chi connectivity index (χ3v) is 2.87. The Morgan fingerprint density at radius 3 is 2.21 bits per heavy atom. The van der Waals surface area contributed by atoms with Crippen LogP contribution in [0.15, 0.2) is 30.3 Å². The van der Waals surface area contributed by atoms with Gasteiger partial charge in [-0.2, -0.15) is 0 Å². The van der Waals surface area contributed by atoms with Crippen molar-refractivity contribution in [1.29, 1.82) is 0 Å². The van der Waals surface area contributed by atoms with E-state index in [9.17, 15) is 9.59 Å². The van der Waals surface area contributed by atoms with Crippen molar-refractivity contribution in [2.45, 2.75) is 20.8 Å². The van der Waals surface area contributed by atoms with E-state index in [0.717, 1.165) is 5.69 Å². The van der Waals surface area contributed by atoms with Crippen LogP contribution in [-0.4, -0.2) is 36.9 Å². The van der Waals surface area contributed by atoms with Crippen molar-refractivity contribution < 1.29 is 9.59 Å². The van der Waals surface area contributed by atoms with Gasteiger partial charge in [0.15, 0.2) is 0 Å². The summed E-state index contributed by atoms with van der Waals surface area (Å²) in [5.41, 5.74) is 0.834. The smallest absolute Gasteiger partial charge is 0.246 e. The van der Waals surface area contributed by atoms with Crippen molar-refractivity contribution in [3.8, 4) is 0 Å². The van der Waals surface area contributed by atoms with Gasteiger partial charge in [-0.15, -0.1) is 0 Å². The van der Waals surface area contributed by atoms with Crippen LogP contribution in [0, 0.1) is 5.92 Å². The number of anilines is 1. The summed E-state index contributed by atoms with van der Waals surface area (Å²) in [7, 11) is 1.73. The summed E-state index contributed by atoms with van der Waals surface area (Å²) in [5.74, 6) is 0.198. The second-order valence-corrected chi connectivity index (χ2v) is 5.08. The van der Waals surface area contributed by atoms with Crippen molar-refractivity contribution in [2.24, 2.45) is 5.92 Å². The van der Waals surface area contributed by atoms with Gasteiger partial charge in [-0.1, -0.05) is 32.0 Å². The number of hydrogen-bond donors (Lipinski definition) is 0. The highest BCUT2D eigenvalue weighted by atomic mass is 16.2. The average Bonchev–Trinajstić information content (AvgIpc) is 2.37. The molecule has 0 saturated heterocycles. The highest BCUT2D eigenvalue weighted by Gasteiger charge is 2.18. The van der Waals surface area contributed by atoms with Crippen LogP contribution in [0.4, 0.5) is 5.69 Å². The van der Waals surface area contributed by atoms with Crippen LogP contribution in [0.25, 0.3) is 0 Å². The summed E-state index contributed by atoms with van der Waals surface area (Å²) in [6.07, 6.45) is 0. The van der Waals surface area contributed by atoms with Crippen molar-refractivity contribution >= 4 is 17.5 Å². The average molecular weight is 262 g/mol. The minimum Gasteiger partial charge on any atom is -0.333 e. The first-order chi connectivity index (χ1) is 8.91. The van der Waals surface area contributed by atoms with E-state index in [1.807, 2.05) is 44.2 Å². The lowest BCUT2D eigenvalue weighted by Crippen LogP contribution is -2.42. The van der Waals surface area contributed by atoms with Gasteiger partial charge >= 0.3 is 0 Å². The molecule has 0 bridgehead atoms. The minimum absolute atomic E-state index is 0.0662. The van der Waals surface area contributed by atoms with Gasteiger partial charge in [-0.3, -0.25) is 9.59 Å². The number of carbonyl (C=O) groups is 2. The van der Waals surface area contributed by atoms with Gasteiger partial charge in [0.1, 0.15) is 6.54 Å². The Balaban J connectivity index is 2.69. The molecular weight excluding hydrogens is 240 g/mol. The van der Waals surface area contributed by atoms with Gasteiger partial charge in [0.05, 0.1) is 0 Å². The summed E-state index contributed by atoms with van der Waals surface area (Å²) >= 11 is 0. The molecule has 1 aromatic carbocycles. The standard InChI is InChI=1S/C15H22N2O2/c1-12(2)10-17(13(3)18)11-15(19)16(4)14-8-6-5-7-9-14/h5-9,12H,10-11H2,1-4H3. The van der Waals surface area contributed by atoms with Gasteiger partial charge in [0.2, 0.25) is 11.8 Å². The largest absolute Gasteiger partial charge is 0.333 e. The van der Waals surface area contributed by atoms with Crippen LogP contribution in [0.3, 0.4) is 0 Å². The quantitative estimate of drug-likeness (QED) is 0.816. The summed E-state index contributed by atoms with van der Waals surface area (Å²) in [6, 6.07) is 9.42. The first-order valence-electron chi connectivity index (χ1n) is 6.49. The normalized spacial score (nSPS) is 10.4. The van der Waals surface area contributed by atoms with E-state index in [1.54, 1.807) is 16.8 Å². The third-order valence-electron chi connectivity index (χ3n) is 2.87. The zero-order valence-corrected chi connectivity index (χ0v) is 12.1. The lowest BCUT2D eigenvalue weighted by molar-refractivity contribution is -0.133. The predicted molar refractivity (Wildman–Crippen MR) is 76.9 cm³/mol. The second-order valence-electron chi connectivity index (χ2n) is 5.08. The molecule has 0 unspecified atom stereocenters. The summed E-state index contributed by atoms with van der Waals surface area (Å²) in [5, 5.41) is 0. The lowest BCUT2D eigenvalue weighted by atomic mass is 10.2. The molecule has 0 radical (unpaired) electrons. The number of nitrogens with zero attached hydrogens (tertiary/aromatic N) is 2. The maximum absolute atomic E-state index is 12.2. The van der Waals surface area contributed by atoms with E-state index in [1.165, 1.54) is 6.92 Å². The van der Waals surface area contributed by atoms with Crippen LogP contribution in [-0.2, 0) is 9.59 Å². The number of benzene rings is 1. The van der Waals surface area contributed by atoms with Crippen molar-refractivity contribution in [3.05, 3.63) is 30.3 Å². The minimum atomic E-state index is -0.0814. The molecule has 0 fully saturated rings. The maximum Gasteiger partial charge on any atom is 0.246 e. The Morgan fingerprint density at radius 1 is 1.16 bits per heavy atom. The number of carbonyl (C=O) groups excluding carboxylic acids is 2. The molecule has 2 amide bonds. The van der Waals surface area contributed by atoms with Crippen LogP contribution in [0.1, 0.15) is 20.8 Å². The zero-order chi connectivity index (χ0) is 14.4. The SMILES string of the molecule is CC(=O)N(CC(=O)N(C)c1ccccc1)CC(C)C. The van der Waals surface area contributed by atoms with Crippen molar-refractivity contribution in [3.63, 3.8) is 0 Å². The molecule has 0 N–H and O–H groups in total. The van der Waals surface area contributed by atoms with Crippen LogP contribution >= 0.6 is 0 Å². The highest BCUT2D eigenvalue weighted by molar-refractivity contribution is 5.95. The van der Waals surface area contributed by atoms with Gasteiger partial charge in [0, 0.05) is 26.2 Å². The molecule has 0 aliphatic rings.